The van der Waals surface area contributed by atoms with Crippen LogP contribution in [0.1, 0.15) is 40.5 Å². The Morgan fingerprint density at radius 3 is 2.08 bits per heavy atom. The van der Waals surface area contributed by atoms with Crippen molar-refractivity contribution in [2.24, 2.45) is 5.92 Å². The lowest BCUT2D eigenvalue weighted by molar-refractivity contribution is -0.143. The fraction of sp³-hybridized carbons (Fsp3) is 0.889. The van der Waals surface area contributed by atoms with Gasteiger partial charge in [0, 0.05) is 51.7 Å². The van der Waals surface area contributed by atoms with Crippen LogP contribution < -0.4 is 0 Å². The molecule has 6 nitrogen and oxygen atoms in total. The Kier molecular flexibility index (Phi) is 7.04. The van der Waals surface area contributed by atoms with E-state index in [2.05, 4.69) is 32.6 Å². The number of carbonyl (C=O) groups is 2. The van der Waals surface area contributed by atoms with Crippen LogP contribution in [-0.4, -0.2) is 84.5 Å². The molecular weight excluding hydrogens is 306 g/mol. The molecule has 0 aromatic carbocycles. The zero-order valence-electron chi connectivity index (χ0n) is 15.7. The van der Waals surface area contributed by atoms with Gasteiger partial charge in [0.15, 0.2) is 0 Å². The SMILES string of the molecule is CC(C)CC(=O)N1CCN(C(=O)C[C@H]2CN(C(C)C)CCO2)CC1. The van der Waals surface area contributed by atoms with E-state index in [4.69, 9.17) is 4.74 Å². The van der Waals surface area contributed by atoms with Crippen LogP contribution in [0.5, 0.6) is 0 Å². The molecule has 0 bridgehead atoms. The molecule has 0 saturated carbocycles. The Labute approximate surface area is 146 Å². The average Bonchev–Trinajstić information content (AvgIpc) is 2.54. The lowest BCUT2D eigenvalue weighted by Gasteiger charge is -2.38. The normalized spacial score (nSPS) is 23.2. The fourth-order valence-electron chi connectivity index (χ4n) is 3.34. The molecule has 2 heterocycles. The third kappa shape index (κ3) is 5.45. The highest BCUT2D eigenvalue weighted by Gasteiger charge is 2.29. The summed E-state index contributed by atoms with van der Waals surface area (Å²) in [5, 5.41) is 0. The van der Waals surface area contributed by atoms with Gasteiger partial charge in [0.05, 0.1) is 19.1 Å². The fourth-order valence-corrected chi connectivity index (χ4v) is 3.34. The first-order valence-corrected chi connectivity index (χ1v) is 9.28. The van der Waals surface area contributed by atoms with Crippen molar-refractivity contribution in [3.8, 4) is 0 Å². The van der Waals surface area contributed by atoms with Gasteiger partial charge in [-0.25, -0.2) is 0 Å². The molecule has 6 heteroatoms. The number of hydrogen-bond donors (Lipinski definition) is 0. The Balaban J connectivity index is 1.75. The van der Waals surface area contributed by atoms with Crippen molar-refractivity contribution in [1.29, 1.82) is 0 Å². The summed E-state index contributed by atoms with van der Waals surface area (Å²) in [7, 11) is 0. The van der Waals surface area contributed by atoms with E-state index >= 15 is 0 Å². The van der Waals surface area contributed by atoms with Crippen LogP contribution in [0, 0.1) is 5.92 Å². The van der Waals surface area contributed by atoms with Gasteiger partial charge in [-0.1, -0.05) is 13.8 Å². The maximum absolute atomic E-state index is 12.5. The quantitative estimate of drug-likeness (QED) is 0.755. The van der Waals surface area contributed by atoms with Crippen LogP contribution in [-0.2, 0) is 14.3 Å². The summed E-state index contributed by atoms with van der Waals surface area (Å²) in [6.07, 6.45) is 1.03. The van der Waals surface area contributed by atoms with Gasteiger partial charge in [-0.05, 0) is 19.8 Å². The van der Waals surface area contributed by atoms with Gasteiger partial charge in [-0.3, -0.25) is 14.5 Å². The molecule has 2 aliphatic rings. The second-order valence-corrected chi connectivity index (χ2v) is 7.65. The molecule has 0 spiro atoms. The van der Waals surface area contributed by atoms with E-state index in [1.165, 1.54) is 0 Å². The summed E-state index contributed by atoms with van der Waals surface area (Å²) in [6.45, 7) is 13.5. The van der Waals surface area contributed by atoms with E-state index in [0.29, 0.717) is 57.6 Å². The Morgan fingerprint density at radius 1 is 0.958 bits per heavy atom. The Morgan fingerprint density at radius 2 is 1.54 bits per heavy atom. The van der Waals surface area contributed by atoms with E-state index in [1.54, 1.807) is 0 Å². The minimum absolute atomic E-state index is 0.00532. The molecule has 0 aliphatic carbocycles. The van der Waals surface area contributed by atoms with Crippen LogP contribution in [0.4, 0.5) is 0 Å². The van der Waals surface area contributed by atoms with E-state index in [-0.39, 0.29) is 17.9 Å². The van der Waals surface area contributed by atoms with Crippen molar-refractivity contribution >= 4 is 11.8 Å². The summed E-state index contributed by atoms with van der Waals surface area (Å²) in [5.74, 6) is 0.742. The first-order valence-electron chi connectivity index (χ1n) is 9.28. The van der Waals surface area contributed by atoms with Gasteiger partial charge in [-0.15, -0.1) is 0 Å². The molecule has 2 rings (SSSR count). The Bertz CT molecular complexity index is 431. The zero-order valence-corrected chi connectivity index (χ0v) is 15.7. The highest BCUT2D eigenvalue weighted by atomic mass is 16.5. The second kappa shape index (κ2) is 8.81. The minimum atomic E-state index is -0.00532. The van der Waals surface area contributed by atoms with Gasteiger partial charge in [0.25, 0.3) is 0 Å². The third-order valence-electron chi connectivity index (χ3n) is 4.87. The first-order chi connectivity index (χ1) is 11.4. The maximum atomic E-state index is 12.5. The molecule has 0 radical (unpaired) electrons. The predicted molar refractivity (Wildman–Crippen MR) is 93.7 cm³/mol. The molecule has 2 saturated heterocycles. The number of rotatable bonds is 5. The van der Waals surface area contributed by atoms with Crippen molar-refractivity contribution in [2.75, 3.05) is 45.9 Å². The monoisotopic (exact) mass is 339 g/mol. The number of hydrogen-bond acceptors (Lipinski definition) is 4. The molecule has 2 amide bonds. The molecule has 1 atom stereocenters. The molecule has 0 aromatic rings. The second-order valence-electron chi connectivity index (χ2n) is 7.65. The number of amides is 2. The Hall–Kier alpha value is -1.14. The molecular formula is C18H33N3O3. The topological polar surface area (TPSA) is 53.1 Å². The lowest BCUT2D eigenvalue weighted by atomic mass is 10.1. The average molecular weight is 339 g/mol. The van der Waals surface area contributed by atoms with Crippen LogP contribution in [0.25, 0.3) is 0 Å². The van der Waals surface area contributed by atoms with E-state index in [9.17, 15) is 9.59 Å². The van der Waals surface area contributed by atoms with Crippen molar-refractivity contribution in [1.82, 2.24) is 14.7 Å². The largest absolute Gasteiger partial charge is 0.375 e. The number of piperazine rings is 1. The summed E-state index contributed by atoms with van der Waals surface area (Å²) in [5.41, 5.74) is 0. The lowest BCUT2D eigenvalue weighted by Crippen LogP contribution is -2.52. The van der Waals surface area contributed by atoms with Crippen molar-refractivity contribution in [3.63, 3.8) is 0 Å². The molecule has 24 heavy (non-hydrogen) atoms. The predicted octanol–water partition coefficient (Wildman–Crippen LogP) is 1.20. The van der Waals surface area contributed by atoms with Crippen LogP contribution >= 0.6 is 0 Å². The minimum Gasteiger partial charge on any atom is -0.375 e. The van der Waals surface area contributed by atoms with Crippen LogP contribution in [0.15, 0.2) is 0 Å². The number of morpholine rings is 1. The van der Waals surface area contributed by atoms with Gasteiger partial charge in [0.2, 0.25) is 11.8 Å². The third-order valence-corrected chi connectivity index (χ3v) is 4.87. The molecule has 0 aromatic heterocycles. The standard InChI is InChI=1S/C18H33N3O3/c1-14(2)11-17(22)19-5-7-20(8-6-19)18(23)12-16-13-21(15(3)4)9-10-24-16/h14-16H,5-13H2,1-4H3/t16-/m0/s1. The summed E-state index contributed by atoms with van der Waals surface area (Å²) in [4.78, 5) is 30.8. The van der Waals surface area contributed by atoms with E-state index < -0.39 is 0 Å². The van der Waals surface area contributed by atoms with Gasteiger partial charge in [0.1, 0.15) is 0 Å². The molecule has 0 N–H and O–H groups in total. The van der Waals surface area contributed by atoms with Crippen molar-refractivity contribution < 1.29 is 14.3 Å². The van der Waals surface area contributed by atoms with Crippen molar-refractivity contribution in [2.45, 2.75) is 52.7 Å². The maximum Gasteiger partial charge on any atom is 0.225 e. The number of nitrogens with zero attached hydrogens (tertiary/aromatic N) is 3. The highest BCUT2D eigenvalue weighted by molar-refractivity contribution is 5.78. The highest BCUT2D eigenvalue weighted by Crippen LogP contribution is 2.14. The summed E-state index contributed by atoms with van der Waals surface area (Å²) < 4.78 is 5.77. The van der Waals surface area contributed by atoms with Crippen molar-refractivity contribution in [3.05, 3.63) is 0 Å². The smallest absolute Gasteiger partial charge is 0.225 e. The van der Waals surface area contributed by atoms with E-state index in [1.807, 2.05) is 9.80 Å². The summed E-state index contributed by atoms with van der Waals surface area (Å²) in [6, 6.07) is 0.488. The number of ether oxygens (including phenoxy) is 1. The van der Waals surface area contributed by atoms with Crippen LogP contribution in [0.2, 0.25) is 0 Å². The molecule has 2 aliphatic heterocycles. The van der Waals surface area contributed by atoms with Gasteiger partial charge in [-0.2, -0.15) is 0 Å². The van der Waals surface area contributed by atoms with Gasteiger partial charge >= 0.3 is 0 Å². The van der Waals surface area contributed by atoms with E-state index in [0.717, 1.165) is 13.1 Å². The molecule has 2 fully saturated rings. The van der Waals surface area contributed by atoms with Crippen LogP contribution in [0.3, 0.4) is 0 Å². The molecule has 138 valence electrons. The first kappa shape index (κ1) is 19.2. The number of carbonyl (C=O) groups excluding carboxylic acids is 2. The summed E-state index contributed by atoms with van der Waals surface area (Å²) >= 11 is 0. The molecule has 0 unspecified atom stereocenters. The van der Waals surface area contributed by atoms with Gasteiger partial charge < -0.3 is 14.5 Å². The zero-order chi connectivity index (χ0) is 17.7.